The molecule has 1 saturated heterocycles. The summed E-state index contributed by atoms with van der Waals surface area (Å²) in [5.74, 6) is -0.741. The van der Waals surface area contributed by atoms with Crippen LogP contribution >= 0.6 is 11.5 Å². The number of nitrogens with one attached hydrogen (secondary N) is 1. The highest BCUT2D eigenvalue weighted by Crippen LogP contribution is 2.28. The van der Waals surface area contributed by atoms with Gasteiger partial charge in [0.05, 0.1) is 6.54 Å². The van der Waals surface area contributed by atoms with Crippen molar-refractivity contribution in [2.45, 2.75) is 20.4 Å². The summed E-state index contributed by atoms with van der Waals surface area (Å²) in [5, 5.41) is 7.66. The number of rotatable bonds is 3. The highest BCUT2D eigenvalue weighted by molar-refractivity contribution is 7.10. The Balaban J connectivity index is 2.20. The zero-order valence-corrected chi connectivity index (χ0v) is 10.7. The highest BCUT2D eigenvalue weighted by Gasteiger charge is 2.42. The number of nitrogens with zero attached hydrogens (tertiary/aromatic N) is 3. The topological polar surface area (TPSA) is 75.2 Å². The average molecular weight is 254 g/mol. The zero-order chi connectivity index (χ0) is 12.6. The maximum atomic E-state index is 11.9. The van der Waals surface area contributed by atoms with Crippen LogP contribution in [0.15, 0.2) is 0 Å². The molecule has 7 heteroatoms. The first-order valence-electron chi connectivity index (χ1n) is 5.40. The van der Waals surface area contributed by atoms with Crippen molar-refractivity contribution >= 4 is 28.3 Å². The Morgan fingerprint density at radius 3 is 2.41 bits per heavy atom. The first kappa shape index (κ1) is 12.0. The predicted molar refractivity (Wildman–Crippen MR) is 63.3 cm³/mol. The van der Waals surface area contributed by atoms with Crippen LogP contribution in [0.2, 0.25) is 0 Å². The summed E-state index contributed by atoms with van der Waals surface area (Å²) in [7, 11) is 1.76. The Morgan fingerprint density at radius 2 is 1.88 bits per heavy atom. The van der Waals surface area contributed by atoms with E-state index in [4.69, 9.17) is 0 Å². The van der Waals surface area contributed by atoms with Gasteiger partial charge >= 0.3 is 0 Å². The van der Waals surface area contributed by atoms with Crippen molar-refractivity contribution in [2.24, 2.45) is 11.8 Å². The molecule has 1 fully saturated rings. The van der Waals surface area contributed by atoms with Crippen LogP contribution in [0.1, 0.15) is 19.5 Å². The molecule has 2 rings (SSSR count). The summed E-state index contributed by atoms with van der Waals surface area (Å²) in [6.07, 6.45) is 0. The zero-order valence-electron chi connectivity index (χ0n) is 9.93. The van der Waals surface area contributed by atoms with Crippen LogP contribution in [0.25, 0.3) is 0 Å². The molecular weight excluding hydrogens is 240 g/mol. The monoisotopic (exact) mass is 254 g/mol. The quantitative estimate of drug-likeness (QED) is 0.804. The minimum atomic E-state index is -0.243. The lowest BCUT2D eigenvalue weighted by Gasteiger charge is -2.13. The Morgan fingerprint density at radius 1 is 1.29 bits per heavy atom. The molecule has 1 aliphatic heterocycles. The third-order valence-corrected chi connectivity index (χ3v) is 3.94. The average Bonchev–Trinajstić information content (AvgIpc) is 2.85. The second kappa shape index (κ2) is 4.40. The number of amides is 2. The molecule has 6 nitrogen and oxygen atoms in total. The number of hydrogen-bond donors (Lipinski definition) is 1. The van der Waals surface area contributed by atoms with E-state index in [0.717, 1.165) is 5.00 Å². The standard InChI is InChI=1S/C10H14N4O2S/c1-5-6(2)10(16)14(9(5)15)4-7-8(11-3)17-13-12-7/h5-6,11H,4H2,1-3H3. The van der Waals surface area contributed by atoms with Crippen LogP contribution in [0.4, 0.5) is 5.00 Å². The Hall–Kier alpha value is -1.50. The second-order valence-corrected chi connectivity index (χ2v) is 4.89. The molecule has 1 aliphatic rings. The predicted octanol–water partition coefficient (Wildman–Crippen LogP) is 0.721. The van der Waals surface area contributed by atoms with Gasteiger partial charge in [-0.2, -0.15) is 0 Å². The molecule has 2 heterocycles. The number of anilines is 1. The van der Waals surface area contributed by atoms with Crippen LogP contribution in [0.3, 0.4) is 0 Å². The van der Waals surface area contributed by atoms with Crippen molar-refractivity contribution < 1.29 is 9.59 Å². The molecule has 1 aromatic rings. The number of carbonyl (C=O) groups is 2. The highest BCUT2D eigenvalue weighted by atomic mass is 32.1. The van der Waals surface area contributed by atoms with E-state index in [9.17, 15) is 9.59 Å². The van der Waals surface area contributed by atoms with Crippen molar-refractivity contribution in [3.8, 4) is 0 Å². The lowest BCUT2D eigenvalue weighted by molar-refractivity contribution is -0.140. The summed E-state index contributed by atoms with van der Waals surface area (Å²) in [6, 6.07) is 0. The van der Waals surface area contributed by atoms with Crippen LogP contribution in [0, 0.1) is 11.8 Å². The molecule has 0 aliphatic carbocycles. The van der Waals surface area contributed by atoms with Gasteiger partial charge in [-0.1, -0.05) is 18.3 Å². The number of carbonyl (C=O) groups excluding carboxylic acids is 2. The first-order chi connectivity index (χ1) is 8.06. The van der Waals surface area contributed by atoms with Gasteiger partial charge in [-0.05, 0) is 0 Å². The second-order valence-electron chi connectivity index (χ2n) is 4.14. The summed E-state index contributed by atoms with van der Waals surface area (Å²) >= 11 is 1.22. The van der Waals surface area contributed by atoms with E-state index in [1.807, 2.05) is 0 Å². The van der Waals surface area contributed by atoms with Gasteiger partial charge in [0.25, 0.3) is 0 Å². The van der Waals surface area contributed by atoms with Crippen LogP contribution in [0.5, 0.6) is 0 Å². The van der Waals surface area contributed by atoms with E-state index >= 15 is 0 Å². The van der Waals surface area contributed by atoms with Crippen molar-refractivity contribution in [2.75, 3.05) is 12.4 Å². The first-order valence-corrected chi connectivity index (χ1v) is 6.17. The summed E-state index contributed by atoms with van der Waals surface area (Å²) in [5.41, 5.74) is 0.639. The fraction of sp³-hybridized carbons (Fsp3) is 0.600. The Kier molecular flexibility index (Phi) is 3.10. The van der Waals surface area contributed by atoms with Crippen molar-refractivity contribution in [3.05, 3.63) is 5.69 Å². The summed E-state index contributed by atoms with van der Waals surface area (Å²) < 4.78 is 3.80. The van der Waals surface area contributed by atoms with Gasteiger partial charge in [-0.3, -0.25) is 14.5 Å². The fourth-order valence-corrected chi connectivity index (χ4v) is 2.36. The molecule has 2 unspecified atom stereocenters. The molecule has 0 aromatic carbocycles. The lowest BCUT2D eigenvalue weighted by Crippen LogP contribution is -2.30. The largest absolute Gasteiger partial charge is 0.377 e. The van der Waals surface area contributed by atoms with Crippen LogP contribution < -0.4 is 5.32 Å². The maximum Gasteiger partial charge on any atom is 0.233 e. The van der Waals surface area contributed by atoms with Crippen molar-refractivity contribution in [1.29, 1.82) is 0 Å². The number of hydrogen-bond acceptors (Lipinski definition) is 6. The van der Waals surface area contributed by atoms with Gasteiger partial charge in [0.1, 0.15) is 10.7 Å². The molecule has 17 heavy (non-hydrogen) atoms. The summed E-state index contributed by atoms with van der Waals surface area (Å²) in [4.78, 5) is 25.1. The van der Waals surface area contributed by atoms with Gasteiger partial charge in [0.2, 0.25) is 11.8 Å². The molecular formula is C10H14N4O2S. The molecule has 2 amide bonds. The number of aromatic nitrogens is 2. The van der Waals surface area contributed by atoms with Crippen LogP contribution in [-0.2, 0) is 16.1 Å². The molecule has 1 N–H and O–H groups in total. The van der Waals surface area contributed by atoms with Crippen molar-refractivity contribution in [1.82, 2.24) is 14.5 Å². The van der Waals surface area contributed by atoms with E-state index in [0.29, 0.717) is 5.69 Å². The third-order valence-electron chi connectivity index (χ3n) is 3.15. The van der Waals surface area contributed by atoms with Gasteiger partial charge in [-0.15, -0.1) is 5.10 Å². The van der Waals surface area contributed by atoms with E-state index < -0.39 is 0 Å². The lowest BCUT2D eigenvalue weighted by atomic mass is 10.00. The molecule has 0 spiro atoms. The molecule has 0 saturated carbocycles. The molecule has 1 aromatic heterocycles. The minimum Gasteiger partial charge on any atom is -0.377 e. The Bertz CT molecular complexity index is 439. The fourth-order valence-electron chi connectivity index (χ4n) is 1.84. The van der Waals surface area contributed by atoms with Crippen LogP contribution in [-0.4, -0.2) is 33.3 Å². The molecule has 0 radical (unpaired) electrons. The summed E-state index contributed by atoms with van der Waals surface area (Å²) in [6.45, 7) is 3.77. The van der Waals surface area contributed by atoms with Gasteiger partial charge in [0.15, 0.2) is 0 Å². The Labute approximate surface area is 103 Å². The molecule has 2 atom stereocenters. The maximum absolute atomic E-state index is 11.9. The van der Waals surface area contributed by atoms with Gasteiger partial charge < -0.3 is 5.32 Å². The third kappa shape index (κ3) is 1.90. The normalized spacial score (nSPS) is 24.5. The molecule has 92 valence electrons. The van der Waals surface area contributed by atoms with E-state index in [1.54, 1.807) is 20.9 Å². The number of imide groups is 1. The van der Waals surface area contributed by atoms with Crippen molar-refractivity contribution in [3.63, 3.8) is 0 Å². The van der Waals surface area contributed by atoms with E-state index in [2.05, 4.69) is 14.9 Å². The van der Waals surface area contributed by atoms with E-state index in [1.165, 1.54) is 16.4 Å². The van der Waals surface area contributed by atoms with Gasteiger partial charge in [0, 0.05) is 30.4 Å². The van der Waals surface area contributed by atoms with E-state index in [-0.39, 0.29) is 30.2 Å². The number of likely N-dealkylation sites (tertiary alicyclic amines) is 1. The van der Waals surface area contributed by atoms with Gasteiger partial charge in [-0.25, -0.2) is 0 Å². The smallest absolute Gasteiger partial charge is 0.233 e. The molecule has 0 bridgehead atoms. The SMILES string of the molecule is CNc1snnc1CN1C(=O)C(C)C(C)C1=O. The minimum absolute atomic E-state index is 0.127.